The lowest BCUT2D eigenvalue weighted by Gasteiger charge is -2.43. The van der Waals surface area contributed by atoms with Crippen molar-refractivity contribution in [2.24, 2.45) is 0 Å². The predicted molar refractivity (Wildman–Crippen MR) is 84.1 cm³/mol. The fourth-order valence-corrected chi connectivity index (χ4v) is 3.06. The van der Waals surface area contributed by atoms with Gasteiger partial charge >= 0.3 is 0 Å². The first kappa shape index (κ1) is 15.5. The van der Waals surface area contributed by atoms with Gasteiger partial charge in [0.25, 0.3) is 0 Å². The number of likely N-dealkylation sites (N-methyl/N-ethyl adjacent to an activating group) is 1. The zero-order valence-corrected chi connectivity index (χ0v) is 13.2. The molecule has 3 heteroatoms. The van der Waals surface area contributed by atoms with Crippen molar-refractivity contribution in [2.45, 2.75) is 45.4 Å². The summed E-state index contributed by atoms with van der Waals surface area (Å²) in [6, 6.07) is 9.93. The van der Waals surface area contributed by atoms with E-state index in [1.807, 2.05) is 7.05 Å². The molecule has 1 heterocycles. The van der Waals surface area contributed by atoms with Crippen LogP contribution in [0.5, 0.6) is 0 Å². The van der Waals surface area contributed by atoms with Crippen LogP contribution in [0.1, 0.15) is 37.9 Å². The number of ether oxygens (including phenoxy) is 1. The van der Waals surface area contributed by atoms with Gasteiger partial charge in [0.15, 0.2) is 0 Å². The van der Waals surface area contributed by atoms with Gasteiger partial charge in [-0.2, -0.15) is 0 Å². The van der Waals surface area contributed by atoms with Crippen LogP contribution in [0.3, 0.4) is 0 Å². The van der Waals surface area contributed by atoms with Gasteiger partial charge in [0.1, 0.15) is 0 Å². The van der Waals surface area contributed by atoms with Crippen molar-refractivity contribution in [3.8, 4) is 0 Å². The second-order valence-corrected chi connectivity index (χ2v) is 5.84. The molecule has 1 saturated heterocycles. The Morgan fingerprint density at radius 3 is 2.55 bits per heavy atom. The third-order valence-corrected chi connectivity index (χ3v) is 4.19. The van der Waals surface area contributed by atoms with Crippen LogP contribution in [-0.2, 0) is 11.2 Å². The molecule has 0 saturated carbocycles. The molecule has 1 aromatic rings. The van der Waals surface area contributed by atoms with Gasteiger partial charge in [-0.1, -0.05) is 31.2 Å². The van der Waals surface area contributed by atoms with Crippen LogP contribution in [0.15, 0.2) is 24.3 Å². The van der Waals surface area contributed by atoms with Crippen molar-refractivity contribution >= 4 is 0 Å². The second-order valence-electron chi connectivity index (χ2n) is 5.84. The maximum absolute atomic E-state index is 6.02. The molecule has 1 fully saturated rings. The van der Waals surface area contributed by atoms with Gasteiger partial charge < -0.3 is 10.1 Å². The highest BCUT2D eigenvalue weighted by atomic mass is 16.5. The van der Waals surface area contributed by atoms with Gasteiger partial charge in [0, 0.05) is 19.1 Å². The van der Waals surface area contributed by atoms with Crippen molar-refractivity contribution in [3.05, 3.63) is 35.4 Å². The molecule has 2 rings (SSSR count). The molecule has 0 radical (unpaired) electrons. The largest absolute Gasteiger partial charge is 0.374 e. The zero-order chi connectivity index (χ0) is 14.5. The molecule has 20 heavy (non-hydrogen) atoms. The number of benzene rings is 1. The number of nitrogens with zero attached hydrogens (tertiary/aromatic N) is 1. The van der Waals surface area contributed by atoms with Crippen molar-refractivity contribution < 1.29 is 4.74 Å². The minimum absolute atomic E-state index is 0.226. The SMILES string of the molecule is CCc1ccc(C2C(CNC)OCCN2C(C)C)cc1. The first-order chi connectivity index (χ1) is 9.67. The number of nitrogens with one attached hydrogen (secondary N) is 1. The summed E-state index contributed by atoms with van der Waals surface area (Å²) in [7, 11) is 1.99. The van der Waals surface area contributed by atoms with Crippen molar-refractivity contribution in [1.29, 1.82) is 0 Å². The number of aryl methyl sites for hydroxylation is 1. The molecular weight excluding hydrogens is 248 g/mol. The molecule has 0 spiro atoms. The smallest absolute Gasteiger partial charge is 0.0896 e. The Labute approximate surface area is 123 Å². The third kappa shape index (κ3) is 3.40. The fraction of sp³-hybridized carbons (Fsp3) is 0.647. The minimum atomic E-state index is 0.226. The maximum Gasteiger partial charge on any atom is 0.0896 e. The van der Waals surface area contributed by atoms with E-state index in [1.165, 1.54) is 11.1 Å². The molecule has 2 unspecified atom stereocenters. The molecule has 1 aliphatic heterocycles. The molecule has 3 nitrogen and oxygen atoms in total. The van der Waals surface area contributed by atoms with Crippen molar-refractivity contribution in [3.63, 3.8) is 0 Å². The number of hydrogen-bond acceptors (Lipinski definition) is 3. The van der Waals surface area contributed by atoms with E-state index in [0.717, 1.165) is 26.1 Å². The quantitative estimate of drug-likeness (QED) is 0.895. The normalized spacial score (nSPS) is 24.2. The maximum atomic E-state index is 6.02. The first-order valence-corrected chi connectivity index (χ1v) is 7.78. The average molecular weight is 276 g/mol. The van der Waals surface area contributed by atoms with Gasteiger partial charge in [-0.25, -0.2) is 0 Å². The Hall–Kier alpha value is -0.900. The van der Waals surface area contributed by atoms with E-state index in [-0.39, 0.29) is 6.10 Å². The molecule has 0 aliphatic carbocycles. The summed E-state index contributed by atoms with van der Waals surface area (Å²) >= 11 is 0. The topological polar surface area (TPSA) is 24.5 Å². The van der Waals surface area contributed by atoms with E-state index < -0.39 is 0 Å². The van der Waals surface area contributed by atoms with Crippen LogP contribution < -0.4 is 5.32 Å². The summed E-state index contributed by atoms with van der Waals surface area (Å²) < 4.78 is 6.02. The van der Waals surface area contributed by atoms with Crippen LogP contribution in [0.4, 0.5) is 0 Å². The standard InChI is InChI=1S/C17H28N2O/c1-5-14-6-8-15(9-7-14)17-16(12-18-4)20-11-10-19(17)13(2)3/h6-9,13,16-18H,5,10-12H2,1-4H3. The van der Waals surface area contributed by atoms with Crippen LogP contribution in [0.25, 0.3) is 0 Å². The Balaban J connectivity index is 2.27. The highest BCUT2D eigenvalue weighted by Gasteiger charge is 2.34. The lowest BCUT2D eigenvalue weighted by Crippen LogP contribution is -2.51. The Bertz CT molecular complexity index is 400. The second kappa shape index (κ2) is 7.21. The summed E-state index contributed by atoms with van der Waals surface area (Å²) in [5.74, 6) is 0. The van der Waals surface area contributed by atoms with E-state index in [0.29, 0.717) is 12.1 Å². The molecular formula is C17H28N2O. The summed E-state index contributed by atoms with van der Waals surface area (Å²) in [6.07, 6.45) is 1.32. The van der Waals surface area contributed by atoms with Gasteiger partial charge in [-0.3, -0.25) is 4.90 Å². The first-order valence-electron chi connectivity index (χ1n) is 7.78. The van der Waals surface area contributed by atoms with E-state index in [9.17, 15) is 0 Å². The van der Waals surface area contributed by atoms with Crippen molar-refractivity contribution in [1.82, 2.24) is 10.2 Å². The minimum Gasteiger partial charge on any atom is -0.374 e. The summed E-state index contributed by atoms with van der Waals surface area (Å²) in [4.78, 5) is 2.56. The Kier molecular flexibility index (Phi) is 5.58. The highest BCUT2D eigenvalue weighted by molar-refractivity contribution is 5.26. The fourth-order valence-electron chi connectivity index (χ4n) is 3.06. The summed E-state index contributed by atoms with van der Waals surface area (Å²) in [5.41, 5.74) is 2.77. The highest BCUT2D eigenvalue weighted by Crippen LogP contribution is 2.31. The van der Waals surface area contributed by atoms with Crippen LogP contribution in [0, 0.1) is 0 Å². The summed E-state index contributed by atoms with van der Waals surface area (Å²) in [6.45, 7) is 9.48. The summed E-state index contributed by atoms with van der Waals surface area (Å²) in [5, 5.41) is 3.27. The molecule has 1 N–H and O–H groups in total. The monoisotopic (exact) mass is 276 g/mol. The van der Waals surface area contributed by atoms with E-state index in [4.69, 9.17) is 4.74 Å². The molecule has 1 aromatic carbocycles. The number of rotatable bonds is 5. The zero-order valence-electron chi connectivity index (χ0n) is 13.2. The van der Waals surface area contributed by atoms with Crippen LogP contribution in [-0.4, -0.2) is 43.8 Å². The molecule has 0 bridgehead atoms. The van der Waals surface area contributed by atoms with Gasteiger partial charge in [-0.15, -0.1) is 0 Å². The molecule has 0 amide bonds. The van der Waals surface area contributed by atoms with Gasteiger partial charge in [0.2, 0.25) is 0 Å². The molecule has 1 aliphatic rings. The number of hydrogen-bond donors (Lipinski definition) is 1. The van der Waals surface area contributed by atoms with Crippen molar-refractivity contribution in [2.75, 3.05) is 26.7 Å². The molecule has 112 valence electrons. The van der Waals surface area contributed by atoms with Gasteiger partial charge in [0.05, 0.1) is 18.8 Å². The predicted octanol–water partition coefficient (Wildman–Crippen LogP) is 2.62. The lowest BCUT2D eigenvalue weighted by atomic mass is 9.95. The van der Waals surface area contributed by atoms with Gasteiger partial charge in [-0.05, 0) is 38.4 Å². The van der Waals surface area contributed by atoms with Crippen LogP contribution in [0.2, 0.25) is 0 Å². The Morgan fingerprint density at radius 2 is 2.00 bits per heavy atom. The molecule has 0 aromatic heterocycles. The van der Waals surface area contributed by atoms with E-state index in [2.05, 4.69) is 55.3 Å². The lowest BCUT2D eigenvalue weighted by molar-refractivity contribution is -0.0815. The molecule has 2 atom stereocenters. The number of morpholine rings is 1. The van der Waals surface area contributed by atoms with Crippen LogP contribution >= 0.6 is 0 Å². The Morgan fingerprint density at radius 1 is 1.30 bits per heavy atom. The van der Waals surface area contributed by atoms with E-state index >= 15 is 0 Å². The van der Waals surface area contributed by atoms with E-state index in [1.54, 1.807) is 0 Å². The average Bonchev–Trinajstić information content (AvgIpc) is 2.47. The third-order valence-electron chi connectivity index (χ3n) is 4.19.